The molecule has 2 aromatic rings. The van der Waals surface area contributed by atoms with E-state index < -0.39 is 23.8 Å². The lowest BCUT2D eigenvalue weighted by atomic mass is 9.98. The van der Waals surface area contributed by atoms with Crippen molar-refractivity contribution in [3.8, 4) is 0 Å². The number of nitrogens with zero attached hydrogens (tertiary/aromatic N) is 1. The number of likely N-dealkylation sites (N-methyl/N-ethyl adjacent to an activating group) is 1. The summed E-state index contributed by atoms with van der Waals surface area (Å²) in [7, 11) is 0. The van der Waals surface area contributed by atoms with Crippen LogP contribution in [0.2, 0.25) is 0 Å². The summed E-state index contributed by atoms with van der Waals surface area (Å²) in [4.78, 5) is 41.7. The predicted molar refractivity (Wildman–Crippen MR) is 150 cm³/mol. The summed E-state index contributed by atoms with van der Waals surface area (Å²) in [6.07, 6.45) is 1.71. The van der Waals surface area contributed by atoms with Crippen LogP contribution in [0.25, 0.3) is 0 Å². The van der Waals surface area contributed by atoms with Gasteiger partial charge in [-0.25, -0.2) is 4.79 Å². The van der Waals surface area contributed by atoms with E-state index in [1.165, 1.54) is 0 Å². The minimum absolute atomic E-state index is 0.273. The molecule has 0 aliphatic rings. The number of hydrogen-bond acceptors (Lipinski definition) is 5. The molecule has 8 heteroatoms. The first-order chi connectivity index (χ1) is 17.4. The van der Waals surface area contributed by atoms with Crippen molar-refractivity contribution in [1.82, 2.24) is 15.5 Å². The summed E-state index contributed by atoms with van der Waals surface area (Å²) in [5, 5.41) is 5.76. The van der Waals surface area contributed by atoms with Gasteiger partial charge in [0.1, 0.15) is 17.7 Å². The Kier molecular flexibility index (Phi) is 11.5. The second-order valence-electron chi connectivity index (χ2n) is 10.1. The Labute approximate surface area is 225 Å². The Bertz CT molecular complexity index is 1030. The molecular formula is C29H41N3O4S. The zero-order chi connectivity index (χ0) is 27.6. The first kappa shape index (κ1) is 30.2. The van der Waals surface area contributed by atoms with Crippen LogP contribution < -0.4 is 10.6 Å². The van der Waals surface area contributed by atoms with Crippen LogP contribution in [-0.4, -0.2) is 53.0 Å². The maximum Gasteiger partial charge on any atom is 0.408 e. The number of aryl methyl sites for hydroxylation is 2. The Balaban J connectivity index is 2.40. The molecular weight excluding hydrogens is 486 g/mol. The molecule has 2 rings (SSSR count). The first-order valence-electron chi connectivity index (χ1n) is 12.6. The zero-order valence-corrected chi connectivity index (χ0v) is 23.9. The number of hydrogen-bond donors (Lipinski definition) is 2. The summed E-state index contributed by atoms with van der Waals surface area (Å²) in [5.41, 5.74) is 3.02. The molecule has 2 unspecified atom stereocenters. The predicted octanol–water partition coefficient (Wildman–Crippen LogP) is 5.16. The van der Waals surface area contributed by atoms with E-state index in [2.05, 4.69) is 10.6 Å². The van der Waals surface area contributed by atoms with Crippen molar-refractivity contribution in [3.63, 3.8) is 0 Å². The maximum absolute atomic E-state index is 13.9. The number of benzene rings is 2. The molecule has 0 fully saturated rings. The highest BCUT2D eigenvalue weighted by Crippen LogP contribution is 2.25. The van der Waals surface area contributed by atoms with E-state index in [0.29, 0.717) is 25.3 Å². The Morgan fingerprint density at radius 2 is 1.65 bits per heavy atom. The van der Waals surface area contributed by atoms with Gasteiger partial charge < -0.3 is 20.3 Å². The van der Waals surface area contributed by atoms with Gasteiger partial charge in [-0.2, -0.15) is 11.8 Å². The second kappa shape index (κ2) is 14.1. The number of alkyl carbamates (subject to hydrolysis) is 1. The molecule has 0 aliphatic heterocycles. The van der Waals surface area contributed by atoms with Gasteiger partial charge in [-0.05, 0) is 71.1 Å². The molecule has 0 heterocycles. The van der Waals surface area contributed by atoms with E-state index in [-0.39, 0.29) is 11.8 Å². The van der Waals surface area contributed by atoms with Crippen LogP contribution in [0.15, 0.2) is 48.5 Å². The lowest BCUT2D eigenvalue weighted by Gasteiger charge is -2.34. The van der Waals surface area contributed by atoms with Gasteiger partial charge in [-0.15, -0.1) is 0 Å². The van der Waals surface area contributed by atoms with Gasteiger partial charge in [0, 0.05) is 13.1 Å². The highest BCUT2D eigenvalue weighted by atomic mass is 32.2. The van der Waals surface area contributed by atoms with Crippen LogP contribution in [0.3, 0.4) is 0 Å². The van der Waals surface area contributed by atoms with Crippen LogP contribution in [0.4, 0.5) is 4.79 Å². The Hall–Kier alpha value is -3.00. The molecule has 0 spiro atoms. The van der Waals surface area contributed by atoms with Gasteiger partial charge in [0.2, 0.25) is 11.8 Å². The van der Waals surface area contributed by atoms with Crippen molar-refractivity contribution in [2.24, 2.45) is 0 Å². The van der Waals surface area contributed by atoms with Gasteiger partial charge in [0.15, 0.2) is 0 Å². The lowest BCUT2D eigenvalue weighted by molar-refractivity contribution is -0.142. The van der Waals surface area contributed by atoms with Crippen LogP contribution >= 0.6 is 11.8 Å². The fourth-order valence-corrected chi connectivity index (χ4v) is 4.60. The minimum Gasteiger partial charge on any atom is -0.444 e. The summed E-state index contributed by atoms with van der Waals surface area (Å²) < 4.78 is 5.42. The fraction of sp³-hybridized carbons (Fsp3) is 0.483. The molecule has 0 aromatic heterocycles. The average Bonchev–Trinajstić information content (AvgIpc) is 2.82. The quantitative estimate of drug-likeness (QED) is 0.422. The van der Waals surface area contributed by atoms with Crippen molar-refractivity contribution < 1.29 is 19.1 Å². The van der Waals surface area contributed by atoms with E-state index in [1.54, 1.807) is 37.4 Å². The molecule has 0 radical (unpaired) electrons. The van der Waals surface area contributed by atoms with Gasteiger partial charge in [0.05, 0.1) is 0 Å². The molecule has 0 bridgehead atoms. The van der Waals surface area contributed by atoms with Crippen molar-refractivity contribution in [2.45, 2.75) is 72.2 Å². The molecule has 0 saturated carbocycles. The van der Waals surface area contributed by atoms with Crippen molar-refractivity contribution >= 4 is 29.7 Å². The monoisotopic (exact) mass is 527 g/mol. The molecule has 3 amide bonds. The first-order valence-corrected chi connectivity index (χ1v) is 14.0. The molecule has 7 nitrogen and oxygen atoms in total. The van der Waals surface area contributed by atoms with Crippen molar-refractivity contribution in [2.75, 3.05) is 18.6 Å². The number of carbonyl (C=O) groups excluding carboxylic acids is 3. The van der Waals surface area contributed by atoms with Gasteiger partial charge in [-0.3, -0.25) is 9.59 Å². The SMILES string of the molecule is CCN(C(=O)C(CCSC)NC(=O)OC(C)(C)C)C(C(=O)NCc1ccccc1)c1cc(C)cc(C)c1. The van der Waals surface area contributed by atoms with Crippen molar-refractivity contribution in [1.29, 1.82) is 0 Å². The number of rotatable bonds is 11. The van der Waals surface area contributed by atoms with E-state index in [4.69, 9.17) is 4.74 Å². The summed E-state index contributed by atoms with van der Waals surface area (Å²) in [5.74, 6) is 0.0735. The highest BCUT2D eigenvalue weighted by molar-refractivity contribution is 7.98. The van der Waals surface area contributed by atoms with Gasteiger partial charge >= 0.3 is 6.09 Å². The van der Waals surface area contributed by atoms with E-state index in [1.807, 2.05) is 75.6 Å². The molecule has 0 saturated heterocycles. The number of thioether (sulfide) groups is 1. The van der Waals surface area contributed by atoms with Crippen molar-refractivity contribution in [3.05, 3.63) is 70.8 Å². The van der Waals surface area contributed by atoms with Gasteiger partial charge in [-0.1, -0.05) is 59.7 Å². The van der Waals surface area contributed by atoms with Crippen LogP contribution in [0.1, 0.15) is 62.4 Å². The summed E-state index contributed by atoms with van der Waals surface area (Å²) in [6.45, 7) is 11.7. The molecule has 37 heavy (non-hydrogen) atoms. The highest BCUT2D eigenvalue weighted by Gasteiger charge is 2.35. The third kappa shape index (κ3) is 9.76. The molecule has 2 aromatic carbocycles. The third-order valence-corrected chi connectivity index (χ3v) is 6.30. The van der Waals surface area contributed by atoms with E-state index in [0.717, 1.165) is 22.3 Å². The maximum atomic E-state index is 13.9. The zero-order valence-electron chi connectivity index (χ0n) is 23.1. The molecule has 0 aliphatic carbocycles. The molecule has 2 N–H and O–H groups in total. The number of amides is 3. The molecule has 2 atom stereocenters. The standard InChI is InChI=1S/C29H41N3O4S/c1-8-32(27(34)24(14-15-37-7)31-28(35)36-29(4,5)6)25(23-17-20(2)16-21(3)18-23)26(33)30-19-22-12-10-9-11-13-22/h9-13,16-18,24-25H,8,14-15,19H2,1-7H3,(H,30,33)(H,31,35). The summed E-state index contributed by atoms with van der Waals surface area (Å²) in [6, 6.07) is 13.9. The van der Waals surface area contributed by atoms with Crippen LogP contribution in [0, 0.1) is 13.8 Å². The smallest absolute Gasteiger partial charge is 0.408 e. The third-order valence-electron chi connectivity index (χ3n) is 5.65. The number of carbonyl (C=O) groups is 3. The van der Waals surface area contributed by atoms with Crippen LogP contribution in [0.5, 0.6) is 0 Å². The fourth-order valence-electron chi connectivity index (χ4n) is 4.13. The largest absolute Gasteiger partial charge is 0.444 e. The topological polar surface area (TPSA) is 87.7 Å². The second-order valence-corrected chi connectivity index (χ2v) is 11.1. The Morgan fingerprint density at radius 3 is 2.19 bits per heavy atom. The normalized spacial score (nSPS) is 12.8. The minimum atomic E-state index is -0.850. The van der Waals surface area contributed by atoms with E-state index in [9.17, 15) is 14.4 Å². The van der Waals surface area contributed by atoms with Gasteiger partial charge in [0.25, 0.3) is 0 Å². The average molecular weight is 528 g/mol. The van der Waals surface area contributed by atoms with Crippen LogP contribution in [-0.2, 0) is 20.9 Å². The Morgan fingerprint density at radius 1 is 1.03 bits per heavy atom. The van der Waals surface area contributed by atoms with E-state index >= 15 is 0 Å². The molecule has 202 valence electrons. The lowest BCUT2D eigenvalue weighted by Crippen LogP contribution is -2.53. The number of ether oxygens (including phenoxy) is 1. The number of nitrogens with one attached hydrogen (secondary N) is 2. The summed E-state index contributed by atoms with van der Waals surface area (Å²) >= 11 is 1.59.